The molecule has 15 heavy (non-hydrogen) atoms. The summed E-state index contributed by atoms with van der Waals surface area (Å²) in [5.74, 6) is 0.886. The molecule has 0 heterocycles. The fourth-order valence-corrected chi connectivity index (χ4v) is 1.38. The van der Waals surface area contributed by atoms with Crippen molar-refractivity contribution in [3.63, 3.8) is 0 Å². The summed E-state index contributed by atoms with van der Waals surface area (Å²) in [6, 6.07) is 0.210. The topological polar surface area (TPSA) is 58.4 Å². The van der Waals surface area contributed by atoms with Gasteiger partial charge in [0.2, 0.25) is 5.91 Å². The van der Waals surface area contributed by atoms with Gasteiger partial charge in [0.05, 0.1) is 6.54 Å². The average molecular weight is 213 g/mol. The van der Waals surface area contributed by atoms with Crippen molar-refractivity contribution >= 4 is 5.91 Å². The Morgan fingerprint density at radius 2 is 2.27 bits per heavy atom. The largest absolute Gasteiger partial charge is 0.355 e. The summed E-state index contributed by atoms with van der Waals surface area (Å²) >= 11 is 0. The highest BCUT2D eigenvalue weighted by atomic mass is 16.2. The molecule has 1 amide bonds. The van der Waals surface area contributed by atoms with Crippen LogP contribution in [0.15, 0.2) is 0 Å². The Bertz CT molecular complexity index is 202. The van der Waals surface area contributed by atoms with Gasteiger partial charge in [0, 0.05) is 12.6 Å². The molecule has 0 aromatic heterocycles. The lowest BCUT2D eigenvalue weighted by atomic mass is 10.2. The van der Waals surface area contributed by atoms with E-state index >= 15 is 0 Å². The first-order chi connectivity index (χ1) is 7.08. The van der Waals surface area contributed by atoms with Gasteiger partial charge in [-0.2, -0.15) is 0 Å². The number of nitrogens with two attached hydrogens (primary N) is 1. The van der Waals surface area contributed by atoms with Crippen molar-refractivity contribution in [2.45, 2.75) is 32.2 Å². The number of amides is 1. The normalized spacial score (nSPS) is 17.9. The molecule has 1 atom stereocenters. The first-order valence-electron chi connectivity index (χ1n) is 5.78. The van der Waals surface area contributed by atoms with E-state index in [9.17, 15) is 4.79 Å². The van der Waals surface area contributed by atoms with Crippen molar-refractivity contribution < 1.29 is 4.79 Å². The van der Waals surface area contributed by atoms with Gasteiger partial charge < -0.3 is 11.1 Å². The Morgan fingerprint density at radius 3 is 2.80 bits per heavy atom. The number of hydrogen-bond donors (Lipinski definition) is 2. The summed E-state index contributed by atoms with van der Waals surface area (Å²) in [6.07, 6.45) is 3.49. The molecule has 1 aliphatic rings. The molecule has 4 nitrogen and oxygen atoms in total. The lowest BCUT2D eigenvalue weighted by Gasteiger charge is -2.17. The minimum Gasteiger partial charge on any atom is -0.355 e. The summed E-state index contributed by atoms with van der Waals surface area (Å²) in [6.45, 7) is 4.22. The monoisotopic (exact) mass is 213 g/mol. The molecular weight excluding hydrogens is 190 g/mol. The summed E-state index contributed by atoms with van der Waals surface area (Å²) in [4.78, 5) is 13.5. The van der Waals surface area contributed by atoms with Gasteiger partial charge in [-0.15, -0.1) is 0 Å². The van der Waals surface area contributed by atoms with Crippen LogP contribution in [0.1, 0.15) is 26.2 Å². The maximum Gasteiger partial charge on any atom is 0.234 e. The van der Waals surface area contributed by atoms with E-state index in [0.717, 1.165) is 25.4 Å². The fourth-order valence-electron chi connectivity index (χ4n) is 1.38. The Kier molecular flexibility index (Phi) is 5.05. The highest BCUT2D eigenvalue weighted by molar-refractivity contribution is 5.77. The van der Waals surface area contributed by atoms with E-state index in [1.807, 2.05) is 18.9 Å². The van der Waals surface area contributed by atoms with Crippen molar-refractivity contribution in [1.29, 1.82) is 0 Å². The van der Waals surface area contributed by atoms with Gasteiger partial charge in [-0.3, -0.25) is 9.69 Å². The van der Waals surface area contributed by atoms with E-state index in [-0.39, 0.29) is 11.9 Å². The van der Waals surface area contributed by atoms with E-state index in [1.165, 1.54) is 12.8 Å². The number of likely N-dealkylation sites (N-methyl/N-ethyl adjacent to an activating group) is 1. The van der Waals surface area contributed by atoms with Gasteiger partial charge in [0.1, 0.15) is 0 Å². The molecule has 88 valence electrons. The zero-order valence-corrected chi connectivity index (χ0v) is 9.83. The minimum absolute atomic E-state index is 0.133. The molecule has 1 unspecified atom stereocenters. The van der Waals surface area contributed by atoms with Gasteiger partial charge in [-0.25, -0.2) is 0 Å². The Morgan fingerprint density at radius 1 is 1.60 bits per heavy atom. The smallest absolute Gasteiger partial charge is 0.234 e. The van der Waals surface area contributed by atoms with Crippen LogP contribution >= 0.6 is 0 Å². The molecule has 0 aliphatic heterocycles. The quantitative estimate of drug-likeness (QED) is 0.634. The molecular formula is C11H23N3O. The molecule has 1 aliphatic carbocycles. The molecule has 0 saturated heterocycles. The Balaban J connectivity index is 2.01. The van der Waals surface area contributed by atoms with Gasteiger partial charge in [0.15, 0.2) is 0 Å². The van der Waals surface area contributed by atoms with Crippen molar-refractivity contribution in [2.24, 2.45) is 11.7 Å². The third-order valence-corrected chi connectivity index (χ3v) is 2.66. The Labute approximate surface area is 92.2 Å². The van der Waals surface area contributed by atoms with E-state index < -0.39 is 0 Å². The van der Waals surface area contributed by atoms with Crippen LogP contribution in [-0.4, -0.2) is 43.5 Å². The maximum absolute atomic E-state index is 11.4. The maximum atomic E-state index is 11.4. The van der Waals surface area contributed by atoms with Crippen LogP contribution in [0, 0.1) is 5.92 Å². The lowest BCUT2D eigenvalue weighted by Crippen LogP contribution is -2.37. The number of hydrogen-bond acceptors (Lipinski definition) is 3. The van der Waals surface area contributed by atoms with Crippen molar-refractivity contribution in [3.05, 3.63) is 0 Å². The zero-order chi connectivity index (χ0) is 11.3. The predicted molar refractivity (Wildman–Crippen MR) is 61.5 cm³/mol. The Hall–Kier alpha value is -0.610. The molecule has 4 heteroatoms. The van der Waals surface area contributed by atoms with E-state index in [2.05, 4.69) is 5.32 Å². The molecule has 0 bridgehead atoms. The van der Waals surface area contributed by atoms with Crippen molar-refractivity contribution in [2.75, 3.05) is 26.7 Å². The number of nitrogens with zero attached hydrogens (tertiary/aromatic N) is 1. The summed E-state index contributed by atoms with van der Waals surface area (Å²) < 4.78 is 0. The first-order valence-corrected chi connectivity index (χ1v) is 5.78. The van der Waals surface area contributed by atoms with Crippen LogP contribution in [0.2, 0.25) is 0 Å². The van der Waals surface area contributed by atoms with Gasteiger partial charge >= 0.3 is 0 Å². The average Bonchev–Trinajstić information content (AvgIpc) is 2.95. The molecule has 0 spiro atoms. The zero-order valence-electron chi connectivity index (χ0n) is 9.83. The van der Waals surface area contributed by atoms with Gasteiger partial charge in [-0.1, -0.05) is 0 Å². The molecule has 0 radical (unpaired) electrons. The molecule has 0 aromatic carbocycles. The number of carbonyl (C=O) groups is 1. The van der Waals surface area contributed by atoms with E-state index in [4.69, 9.17) is 5.73 Å². The standard InChI is InChI=1S/C11H23N3O/c1-9(12)5-6-14(2)8-11(15)13-7-10-3-4-10/h9-10H,3-8,12H2,1-2H3,(H,13,15). The number of carbonyl (C=O) groups excluding carboxylic acids is 1. The van der Waals surface area contributed by atoms with Crippen molar-refractivity contribution in [1.82, 2.24) is 10.2 Å². The highest BCUT2D eigenvalue weighted by Crippen LogP contribution is 2.27. The molecule has 1 saturated carbocycles. The van der Waals surface area contributed by atoms with E-state index in [1.54, 1.807) is 0 Å². The van der Waals surface area contributed by atoms with Crippen LogP contribution in [0.25, 0.3) is 0 Å². The lowest BCUT2D eigenvalue weighted by molar-refractivity contribution is -0.122. The first kappa shape index (κ1) is 12.5. The van der Waals surface area contributed by atoms with E-state index in [0.29, 0.717) is 6.54 Å². The summed E-state index contributed by atoms with van der Waals surface area (Å²) in [5.41, 5.74) is 5.65. The number of nitrogens with one attached hydrogen (secondary N) is 1. The molecule has 1 rings (SSSR count). The minimum atomic E-state index is 0.133. The SMILES string of the molecule is CC(N)CCN(C)CC(=O)NCC1CC1. The summed E-state index contributed by atoms with van der Waals surface area (Å²) in [5, 5.41) is 2.95. The van der Waals surface area contributed by atoms with Crippen molar-refractivity contribution in [3.8, 4) is 0 Å². The van der Waals surface area contributed by atoms with Crippen LogP contribution in [0.5, 0.6) is 0 Å². The van der Waals surface area contributed by atoms with Crippen LogP contribution in [0.4, 0.5) is 0 Å². The molecule has 3 N–H and O–H groups in total. The van der Waals surface area contributed by atoms with Gasteiger partial charge in [-0.05, 0) is 45.7 Å². The number of rotatable bonds is 7. The van der Waals surface area contributed by atoms with Crippen LogP contribution < -0.4 is 11.1 Å². The second kappa shape index (κ2) is 6.08. The third kappa shape index (κ3) is 6.47. The van der Waals surface area contributed by atoms with Crippen LogP contribution in [0.3, 0.4) is 0 Å². The summed E-state index contributed by atoms with van der Waals surface area (Å²) in [7, 11) is 1.96. The van der Waals surface area contributed by atoms with Crippen LogP contribution in [-0.2, 0) is 4.79 Å². The predicted octanol–water partition coefficient (Wildman–Crippen LogP) is 0.182. The second-order valence-corrected chi connectivity index (χ2v) is 4.75. The highest BCUT2D eigenvalue weighted by Gasteiger charge is 2.21. The molecule has 1 fully saturated rings. The molecule has 0 aromatic rings. The third-order valence-electron chi connectivity index (χ3n) is 2.66. The second-order valence-electron chi connectivity index (χ2n) is 4.75. The van der Waals surface area contributed by atoms with Gasteiger partial charge in [0.25, 0.3) is 0 Å². The fraction of sp³-hybridized carbons (Fsp3) is 0.909.